The Balaban J connectivity index is 3.47. The summed E-state index contributed by atoms with van der Waals surface area (Å²) < 4.78 is 13.2. The van der Waals surface area contributed by atoms with E-state index in [4.69, 9.17) is 5.11 Å². The standard InChI is InChI=1S/C7H6FNO3/c1-9-5(8)3-2-4(6(9)10)7(11)12/h2-3H,1H3,(H,11,12). The summed E-state index contributed by atoms with van der Waals surface area (Å²) in [5.74, 6) is -2.11. The van der Waals surface area contributed by atoms with Gasteiger partial charge in [-0.25, -0.2) is 4.79 Å². The normalized spacial score (nSPS) is 9.83. The second-order valence-electron chi connectivity index (χ2n) is 2.24. The van der Waals surface area contributed by atoms with Gasteiger partial charge in [-0.05, 0) is 12.1 Å². The zero-order valence-electron chi connectivity index (χ0n) is 6.24. The number of pyridine rings is 1. The molecule has 1 aromatic heterocycles. The van der Waals surface area contributed by atoms with Gasteiger partial charge in [0.1, 0.15) is 5.56 Å². The molecule has 5 heteroatoms. The Labute approximate surface area is 66.9 Å². The van der Waals surface area contributed by atoms with Gasteiger partial charge in [0.25, 0.3) is 5.56 Å². The number of hydrogen-bond donors (Lipinski definition) is 1. The first kappa shape index (κ1) is 8.45. The molecule has 64 valence electrons. The van der Waals surface area contributed by atoms with Crippen LogP contribution in [0.5, 0.6) is 0 Å². The maximum Gasteiger partial charge on any atom is 0.341 e. The van der Waals surface area contributed by atoms with Crippen molar-refractivity contribution in [1.82, 2.24) is 4.57 Å². The molecule has 0 atom stereocenters. The molecule has 0 fully saturated rings. The van der Waals surface area contributed by atoms with Gasteiger partial charge in [0, 0.05) is 7.05 Å². The zero-order chi connectivity index (χ0) is 9.30. The van der Waals surface area contributed by atoms with Crippen molar-refractivity contribution in [2.75, 3.05) is 0 Å². The van der Waals surface area contributed by atoms with Crippen LogP contribution in [0.15, 0.2) is 16.9 Å². The summed E-state index contributed by atoms with van der Waals surface area (Å²) >= 11 is 0. The van der Waals surface area contributed by atoms with Crippen molar-refractivity contribution < 1.29 is 14.3 Å². The van der Waals surface area contributed by atoms with E-state index >= 15 is 0 Å². The van der Waals surface area contributed by atoms with Crippen LogP contribution in [0.1, 0.15) is 10.4 Å². The smallest absolute Gasteiger partial charge is 0.341 e. The van der Waals surface area contributed by atoms with Crippen LogP contribution in [-0.4, -0.2) is 15.6 Å². The third-order valence-corrected chi connectivity index (χ3v) is 1.47. The van der Waals surface area contributed by atoms with Crippen molar-refractivity contribution in [3.63, 3.8) is 0 Å². The second-order valence-corrected chi connectivity index (χ2v) is 2.24. The Kier molecular flexibility index (Phi) is 1.95. The van der Waals surface area contributed by atoms with E-state index in [1.54, 1.807) is 0 Å². The molecule has 1 N–H and O–H groups in total. The molecule has 0 bridgehead atoms. The minimum Gasteiger partial charge on any atom is -0.477 e. The monoisotopic (exact) mass is 171 g/mol. The van der Waals surface area contributed by atoms with Crippen molar-refractivity contribution in [3.05, 3.63) is 34.0 Å². The molecule has 0 unspecified atom stereocenters. The number of carbonyl (C=O) groups is 1. The lowest BCUT2D eigenvalue weighted by Gasteiger charge is -1.99. The quantitative estimate of drug-likeness (QED) is 0.615. The SMILES string of the molecule is Cn1c(F)ccc(C(=O)O)c1=O. The lowest BCUT2D eigenvalue weighted by Crippen LogP contribution is -2.25. The average molecular weight is 171 g/mol. The number of hydrogen-bond acceptors (Lipinski definition) is 2. The molecule has 1 rings (SSSR count). The van der Waals surface area contributed by atoms with Crippen LogP contribution < -0.4 is 5.56 Å². The van der Waals surface area contributed by atoms with Crippen LogP contribution in [0.2, 0.25) is 0 Å². The van der Waals surface area contributed by atoms with E-state index in [1.807, 2.05) is 0 Å². The topological polar surface area (TPSA) is 59.3 Å². The Bertz CT molecular complexity index is 383. The number of carboxylic acids is 1. The molecule has 12 heavy (non-hydrogen) atoms. The maximum absolute atomic E-state index is 12.6. The number of aromatic nitrogens is 1. The van der Waals surface area contributed by atoms with Gasteiger partial charge in [0.05, 0.1) is 0 Å². The highest BCUT2D eigenvalue weighted by atomic mass is 19.1. The van der Waals surface area contributed by atoms with Crippen molar-refractivity contribution >= 4 is 5.97 Å². The summed E-state index contributed by atoms with van der Waals surface area (Å²) in [6.45, 7) is 0. The fourth-order valence-electron chi connectivity index (χ4n) is 0.776. The average Bonchev–Trinajstić information content (AvgIpc) is 2.00. The first-order valence-electron chi connectivity index (χ1n) is 3.13. The van der Waals surface area contributed by atoms with E-state index in [0.717, 1.165) is 12.1 Å². The van der Waals surface area contributed by atoms with Crippen LogP contribution in [0.4, 0.5) is 4.39 Å². The number of carboxylic acid groups (broad SMARTS) is 1. The Morgan fingerprint density at radius 2 is 2.17 bits per heavy atom. The van der Waals surface area contributed by atoms with E-state index in [2.05, 4.69) is 0 Å². The van der Waals surface area contributed by atoms with Gasteiger partial charge in [0.2, 0.25) is 0 Å². The predicted molar refractivity (Wildman–Crippen MR) is 38.6 cm³/mol. The number of rotatable bonds is 1. The van der Waals surface area contributed by atoms with E-state index in [9.17, 15) is 14.0 Å². The third kappa shape index (κ3) is 1.20. The lowest BCUT2D eigenvalue weighted by molar-refractivity contribution is 0.0694. The zero-order valence-corrected chi connectivity index (χ0v) is 6.24. The number of halogens is 1. The molecule has 0 spiro atoms. The first-order chi connectivity index (χ1) is 5.54. The van der Waals surface area contributed by atoms with Gasteiger partial charge in [-0.15, -0.1) is 0 Å². The summed E-state index contributed by atoms with van der Waals surface area (Å²) in [4.78, 5) is 21.3. The van der Waals surface area contributed by atoms with Crippen molar-refractivity contribution in [1.29, 1.82) is 0 Å². The van der Waals surface area contributed by atoms with E-state index in [0.29, 0.717) is 4.57 Å². The van der Waals surface area contributed by atoms with Gasteiger partial charge in [-0.3, -0.25) is 9.36 Å². The Hall–Kier alpha value is -1.65. The molecule has 4 nitrogen and oxygen atoms in total. The summed E-state index contributed by atoms with van der Waals surface area (Å²) in [5, 5.41) is 8.45. The fourth-order valence-corrected chi connectivity index (χ4v) is 0.776. The van der Waals surface area contributed by atoms with Gasteiger partial charge >= 0.3 is 5.97 Å². The van der Waals surface area contributed by atoms with Crippen LogP contribution in [0.3, 0.4) is 0 Å². The second kappa shape index (κ2) is 2.77. The van der Waals surface area contributed by atoms with Crippen molar-refractivity contribution in [2.45, 2.75) is 0 Å². The highest BCUT2D eigenvalue weighted by molar-refractivity contribution is 5.86. The van der Waals surface area contributed by atoms with Gasteiger partial charge in [0.15, 0.2) is 5.95 Å². The van der Waals surface area contributed by atoms with Crippen molar-refractivity contribution in [2.24, 2.45) is 7.05 Å². The molecule has 0 aromatic carbocycles. The van der Waals surface area contributed by atoms with Gasteiger partial charge < -0.3 is 5.11 Å². The minimum atomic E-state index is -1.35. The molecule has 1 aromatic rings. The molecule has 0 radical (unpaired) electrons. The van der Waals surface area contributed by atoms with E-state index in [1.165, 1.54) is 7.05 Å². The summed E-state index contributed by atoms with van der Waals surface area (Å²) in [6, 6.07) is 1.88. The Morgan fingerprint density at radius 3 is 2.67 bits per heavy atom. The van der Waals surface area contributed by atoms with Crippen LogP contribution in [0.25, 0.3) is 0 Å². The molecule has 0 saturated carbocycles. The van der Waals surface area contributed by atoms with E-state index < -0.39 is 23.0 Å². The highest BCUT2D eigenvalue weighted by Gasteiger charge is 2.10. The van der Waals surface area contributed by atoms with Crippen LogP contribution >= 0.6 is 0 Å². The van der Waals surface area contributed by atoms with Gasteiger partial charge in [-0.2, -0.15) is 4.39 Å². The largest absolute Gasteiger partial charge is 0.477 e. The maximum atomic E-state index is 12.6. The molecule has 0 aliphatic heterocycles. The molecular formula is C7H6FNO3. The molecule has 0 saturated heterocycles. The Morgan fingerprint density at radius 1 is 1.58 bits per heavy atom. The first-order valence-corrected chi connectivity index (χ1v) is 3.13. The van der Waals surface area contributed by atoms with E-state index in [-0.39, 0.29) is 0 Å². The third-order valence-electron chi connectivity index (χ3n) is 1.47. The predicted octanol–water partition coefficient (Wildman–Crippen LogP) is 0.223. The molecule has 0 aliphatic carbocycles. The molecule has 0 amide bonds. The van der Waals surface area contributed by atoms with Crippen molar-refractivity contribution in [3.8, 4) is 0 Å². The van der Waals surface area contributed by atoms with Crippen LogP contribution in [-0.2, 0) is 7.05 Å². The number of aromatic carboxylic acids is 1. The molecule has 1 heterocycles. The van der Waals surface area contributed by atoms with Gasteiger partial charge in [-0.1, -0.05) is 0 Å². The lowest BCUT2D eigenvalue weighted by atomic mass is 10.3. The fraction of sp³-hybridized carbons (Fsp3) is 0.143. The molecule has 0 aliphatic rings. The summed E-state index contributed by atoms with van der Waals surface area (Å²) in [7, 11) is 1.17. The minimum absolute atomic E-state index is 0.432. The highest BCUT2D eigenvalue weighted by Crippen LogP contribution is 1.95. The number of nitrogens with zero attached hydrogens (tertiary/aromatic N) is 1. The van der Waals surface area contributed by atoms with Crippen LogP contribution in [0, 0.1) is 5.95 Å². The summed E-state index contributed by atoms with van der Waals surface area (Å²) in [6.07, 6.45) is 0. The molecular weight excluding hydrogens is 165 g/mol. The summed E-state index contributed by atoms with van der Waals surface area (Å²) in [5.41, 5.74) is -1.28.